The summed E-state index contributed by atoms with van der Waals surface area (Å²) >= 11 is -0.233. The standard InChI is InChI=1S/C5H5OS.3C4H9.Sn/c1-6-5-2-3-7-4-5;3*1-3-4-2;/h2-3H,1H3;3*1,3-4H2,2H3;. The van der Waals surface area contributed by atoms with E-state index < -0.39 is 18.4 Å². The number of rotatable bonds is 11. The summed E-state index contributed by atoms with van der Waals surface area (Å²) in [6.07, 6.45) is 8.28. The second kappa shape index (κ2) is 10.1. The van der Waals surface area contributed by atoms with Crippen LogP contribution in [0.1, 0.15) is 59.3 Å². The first-order valence-corrected chi connectivity index (χ1v) is 16.7. The summed E-state index contributed by atoms with van der Waals surface area (Å²) in [7, 11) is 1.85. The van der Waals surface area contributed by atoms with E-state index in [0.29, 0.717) is 0 Å². The van der Waals surface area contributed by atoms with Crippen LogP contribution in [0.25, 0.3) is 0 Å². The Hall–Kier alpha value is 0.299. The zero-order chi connectivity index (χ0) is 14.8. The summed E-state index contributed by atoms with van der Waals surface area (Å²) in [5, 5.41) is 2.25. The van der Waals surface area contributed by atoms with Gasteiger partial charge in [0, 0.05) is 0 Å². The van der Waals surface area contributed by atoms with Crippen molar-refractivity contribution >= 4 is 32.6 Å². The van der Waals surface area contributed by atoms with Crippen molar-refractivity contribution in [3.8, 4) is 5.75 Å². The minimum atomic E-state index is -2.23. The van der Waals surface area contributed by atoms with Gasteiger partial charge in [0.05, 0.1) is 0 Å². The van der Waals surface area contributed by atoms with E-state index in [1.165, 1.54) is 57.6 Å². The van der Waals surface area contributed by atoms with Crippen LogP contribution in [-0.4, -0.2) is 25.5 Å². The van der Waals surface area contributed by atoms with Crippen LogP contribution in [0.4, 0.5) is 0 Å². The Labute approximate surface area is 134 Å². The van der Waals surface area contributed by atoms with Crippen LogP contribution in [0.2, 0.25) is 13.3 Å². The van der Waals surface area contributed by atoms with E-state index in [9.17, 15) is 0 Å². The van der Waals surface area contributed by atoms with Crippen LogP contribution in [-0.2, 0) is 0 Å². The van der Waals surface area contributed by atoms with Crippen LogP contribution >= 0.6 is 11.3 Å². The maximum atomic E-state index is 5.69. The van der Waals surface area contributed by atoms with E-state index in [-0.39, 0.29) is 0 Å². The van der Waals surface area contributed by atoms with E-state index in [1.54, 1.807) is 2.89 Å². The molecular formula is C17H32OSSn. The van der Waals surface area contributed by atoms with Gasteiger partial charge in [-0.15, -0.1) is 0 Å². The Morgan fingerprint density at radius 1 is 0.950 bits per heavy atom. The molecule has 20 heavy (non-hydrogen) atoms. The van der Waals surface area contributed by atoms with Gasteiger partial charge in [-0.3, -0.25) is 0 Å². The number of hydrogen-bond donors (Lipinski definition) is 0. The third kappa shape index (κ3) is 4.94. The molecule has 0 radical (unpaired) electrons. The molecular weight excluding hydrogens is 371 g/mol. The van der Waals surface area contributed by atoms with Gasteiger partial charge in [0.15, 0.2) is 0 Å². The van der Waals surface area contributed by atoms with Gasteiger partial charge < -0.3 is 0 Å². The van der Waals surface area contributed by atoms with Crippen molar-refractivity contribution in [2.75, 3.05) is 7.11 Å². The molecule has 0 aromatic carbocycles. The van der Waals surface area contributed by atoms with Gasteiger partial charge in [0.1, 0.15) is 0 Å². The third-order valence-corrected chi connectivity index (χ3v) is 23.7. The first-order chi connectivity index (χ1) is 9.74. The molecule has 1 rings (SSSR count). The Morgan fingerprint density at radius 2 is 1.45 bits per heavy atom. The Balaban J connectivity index is 3.04. The number of unbranched alkanes of at least 4 members (excludes halogenated alkanes) is 3. The molecule has 0 spiro atoms. The van der Waals surface area contributed by atoms with Gasteiger partial charge in [-0.05, 0) is 0 Å². The fourth-order valence-electron chi connectivity index (χ4n) is 3.11. The van der Waals surface area contributed by atoms with Crippen molar-refractivity contribution in [1.29, 1.82) is 0 Å². The SMILES string of the molecule is CCC[CH2][Sn]([CH2]CCC)([CH2]CCC)[c]1sccc1OC. The summed E-state index contributed by atoms with van der Waals surface area (Å²) < 4.78 is 12.0. The van der Waals surface area contributed by atoms with Crippen molar-refractivity contribution in [2.24, 2.45) is 0 Å². The molecule has 1 aromatic rings. The van der Waals surface area contributed by atoms with Crippen LogP contribution in [0.3, 0.4) is 0 Å². The molecule has 0 aliphatic heterocycles. The molecule has 0 atom stereocenters. The summed E-state index contributed by atoms with van der Waals surface area (Å²) in [6, 6.07) is 2.20. The van der Waals surface area contributed by atoms with Crippen LogP contribution in [0.15, 0.2) is 11.4 Å². The van der Waals surface area contributed by atoms with Crippen LogP contribution in [0.5, 0.6) is 5.75 Å². The van der Waals surface area contributed by atoms with Crippen molar-refractivity contribution < 1.29 is 4.74 Å². The molecule has 0 saturated carbocycles. The first-order valence-electron chi connectivity index (χ1n) is 8.36. The molecule has 0 N–H and O–H groups in total. The molecule has 1 nitrogen and oxygen atoms in total. The molecule has 3 heteroatoms. The zero-order valence-electron chi connectivity index (χ0n) is 13.8. The molecule has 0 saturated heterocycles. The number of ether oxygens (including phenoxy) is 1. The fraction of sp³-hybridized carbons (Fsp3) is 0.765. The summed E-state index contributed by atoms with van der Waals surface area (Å²) in [5.74, 6) is 1.22. The Kier molecular flexibility index (Phi) is 9.26. The van der Waals surface area contributed by atoms with E-state index in [2.05, 4.69) is 32.2 Å². The average molecular weight is 403 g/mol. The van der Waals surface area contributed by atoms with Crippen molar-refractivity contribution in [2.45, 2.75) is 72.6 Å². The minimum absolute atomic E-state index is 1.22. The zero-order valence-corrected chi connectivity index (χ0v) is 17.5. The Bertz CT molecular complexity index is 340. The molecule has 1 heterocycles. The molecule has 1 aromatic heterocycles. The molecule has 0 amide bonds. The molecule has 0 unspecified atom stereocenters. The predicted molar refractivity (Wildman–Crippen MR) is 95.4 cm³/mol. The van der Waals surface area contributed by atoms with E-state index in [4.69, 9.17) is 4.74 Å². The molecule has 0 aliphatic carbocycles. The van der Waals surface area contributed by atoms with Gasteiger partial charge in [0.2, 0.25) is 0 Å². The van der Waals surface area contributed by atoms with Crippen molar-refractivity contribution in [3.05, 3.63) is 11.4 Å². The van der Waals surface area contributed by atoms with Gasteiger partial charge in [-0.25, -0.2) is 0 Å². The van der Waals surface area contributed by atoms with E-state index >= 15 is 0 Å². The number of hydrogen-bond acceptors (Lipinski definition) is 2. The normalized spacial score (nSPS) is 11.8. The molecule has 116 valence electrons. The van der Waals surface area contributed by atoms with Gasteiger partial charge in [-0.2, -0.15) is 0 Å². The molecule has 0 fully saturated rings. The average Bonchev–Trinajstić information content (AvgIpc) is 2.96. The van der Waals surface area contributed by atoms with Gasteiger partial charge in [-0.1, -0.05) is 0 Å². The Morgan fingerprint density at radius 3 is 1.85 bits per heavy atom. The van der Waals surface area contributed by atoms with Gasteiger partial charge >= 0.3 is 134 Å². The molecule has 0 aliphatic rings. The first kappa shape index (κ1) is 18.3. The summed E-state index contributed by atoms with van der Waals surface area (Å²) in [4.78, 5) is 0. The van der Waals surface area contributed by atoms with Crippen LogP contribution < -0.4 is 7.63 Å². The predicted octanol–water partition coefficient (Wildman–Crippen LogP) is 5.81. The monoisotopic (exact) mass is 404 g/mol. The second-order valence-corrected chi connectivity index (χ2v) is 20.9. The number of methoxy groups -OCH3 is 1. The topological polar surface area (TPSA) is 9.23 Å². The third-order valence-electron chi connectivity index (χ3n) is 4.36. The number of thiophene rings is 1. The van der Waals surface area contributed by atoms with E-state index in [0.717, 1.165) is 0 Å². The van der Waals surface area contributed by atoms with Crippen molar-refractivity contribution in [3.63, 3.8) is 0 Å². The summed E-state index contributed by atoms with van der Waals surface area (Å²) in [5.41, 5.74) is 0. The molecule has 0 bridgehead atoms. The van der Waals surface area contributed by atoms with E-state index in [1.807, 2.05) is 18.4 Å². The van der Waals surface area contributed by atoms with Crippen LogP contribution in [0, 0.1) is 0 Å². The fourth-order valence-corrected chi connectivity index (χ4v) is 23.7. The second-order valence-electron chi connectivity index (χ2n) is 5.91. The quantitative estimate of drug-likeness (QED) is 0.424. The van der Waals surface area contributed by atoms with Gasteiger partial charge in [0.25, 0.3) is 0 Å². The van der Waals surface area contributed by atoms with Crippen molar-refractivity contribution in [1.82, 2.24) is 0 Å². The summed E-state index contributed by atoms with van der Waals surface area (Å²) in [6.45, 7) is 7.01. The maximum absolute atomic E-state index is 5.69.